The molecule has 40 heavy (non-hydrogen) atoms. The lowest BCUT2D eigenvalue weighted by Crippen LogP contribution is -2.52. The van der Waals surface area contributed by atoms with Crippen molar-refractivity contribution in [3.8, 4) is 0 Å². The summed E-state index contributed by atoms with van der Waals surface area (Å²) in [7, 11) is 0. The molecule has 0 radical (unpaired) electrons. The second-order valence-electron chi connectivity index (χ2n) is 17.8. The zero-order valence-corrected chi connectivity index (χ0v) is 26.7. The quantitative estimate of drug-likeness (QED) is 0.234. The van der Waals surface area contributed by atoms with Crippen LogP contribution in [0.25, 0.3) is 0 Å². The summed E-state index contributed by atoms with van der Waals surface area (Å²) in [6.07, 6.45) is 25.1. The molecule has 224 valence electrons. The Balaban J connectivity index is 1.01. The van der Waals surface area contributed by atoms with Gasteiger partial charge in [-0.15, -0.1) is 0 Å². The fourth-order valence-electron chi connectivity index (χ4n) is 13.4. The highest BCUT2D eigenvalue weighted by molar-refractivity contribution is 5.77. The Morgan fingerprint density at radius 1 is 0.900 bits per heavy atom. The fourth-order valence-corrected chi connectivity index (χ4v) is 13.4. The van der Waals surface area contributed by atoms with Crippen LogP contribution in [0.1, 0.15) is 144 Å². The number of carbonyl (C=O) groups excluding carboxylic acids is 1. The first kappa shape index (κ1) is 28.0. The van der Waals surface area contributed by atoms with Gasteiger partial charge in [-0.3, -0.25) is 4.79 Å². The summed E-state index contributed by atoms with van der Waals surface area (Å²) >= 11 is 0. The molecule has 0 unspecified atom stereocenters. The van der Waals surface area contributed by atoms with Crippen LogP contribution in [-0.4, -0.2) is 12.1 Å². The van der Waals surface area contributed by atoms with E-state index < -0.39 is 0 Å². The molecule has 0 amide bonds. The van der Waals surface area contributed by atoms with Crippen molar-refractivity contribution in [1.82, 2.24) is 0 Å². The predicted octanol–water partition coefficient (Wildman–Crippen LogP) is 10.2. The average Bonchev–Trinajstić information content (AvgIpc) is 3.25. The molecule has 4 bridgehead atoms. The molecule has 8 aliphatic rings. The number of rotatable bonds is 7. The first-order valence-electron chi connectivity index (χ1n) is 18.0. The van der Waals surface area contributed by atoms with Gasteiger partial charge in [0.2, 0.25) is 0 Å². The lowest BCUT2D eigenvalue weighted by atomic mass is 9.47. The fraction of sp³-hybridized carbons (Fsp3) is 0.921. The number of carbonyl (C=O) groups is 1. The van der Waals surface area contributed by atoms with Crippen LogP contribution in [0.15, 0.2) is 11.6 Å². The Kier molecular flexibility index (Phi) is 7.10. The summed E-state index contributed by atoms with van der Waals surface area (Å²) in [6, 6.07) is 0. The maximum Gasteiger partial charge on any atom is 0.312 e. The van der Waals surface area contributed by atoms with Crippen molar-refractivity contribution in [2.24, 2.45) is 69.5 Å². The molecular formula is C38H60O2. The minimum absolute atomic E-state index is 0.111. The van der Waals surface area contributed by atoms with Gasteiger partial charge in [-0.05, 0) is 148 Å². The van der Waals surface area contributed by atoms with Gasteiger partial charge in [-0.25, -0.2) is 0 Å². The first-order valence-corrected chi connectivity index (χ1v) is 18.0. The Hall–Kier alpha value is -0.790. The maximum atomic E-state index is 13.7. The third-order valence-electron chi connectivity index (χ3n) is 15.0. The summed E-state index contributed by atoms with van der Waals surface area (Å²) in [5, 5.41) is 0. The summed E-state index contributed by atoms with van der Waals surface area (Å²) in [5.41, 5.74) is 2.46. The van der Waals surface area contributed by atoms with E-state index in [1.165, 1.54) is 77.0 Å². The molecule has 0 aromatic heterocycles. The predicted molar refractivity (Wildman–Crippen MR) is 164 cm³/mol. The van der Waals surface area contributed by atoms with Crippen LogP contribution in [0.2, 0.25) is 0 Å². The second kappa shape index (κ2) is 10.1. The van der Waals surface area contributed by atoms with Crippen LogP contribution < -0.4 is 0 Å². The van der Waals surface area contributed by atoms with Crippen molar-refractivity contribution in [2.75, 3.05) is 0 Å². The molecule has 7 fully saturated rings. The van der Waals surface area contributed by atoms with Gasteiger partial charge < -0.3 is 4.74 Å². The molecular weight excluding hydrogens is 488 g/mol. The normalized spacial score (nSPS) is 49.7. The zero-order valence-electron chi connectivity index (χ0n) is 26.7. The van der Waals surface area contributed by atoms with Gasteiger partial charge in [0.15, 0.2) is 0 Å². The van der Waals surface area contributed by atoms with Crippen LogP contribution in [-0.2, 0) is 9.53 Å². The number of hydrogen-bond acceptors (Lipinski definition) is 2. The molecule has 0 aliphatic heterocycles. The van der Waals surface area contributed by atoms with Gasteiger partial charge >= 0.3 is 5.97 Å². The van der Waals surface area contributed by atoms with E-state index in [0.717, 1.165) is 85.4 Å². The lowest BCUT2D eigenvalue weighted by molar-refractivity contribution is -0.179. The third-order valence-corrected chi connectivity index (χ3v) is 15.0. The van der Waals surface area contributed by atoms with Gasteiger partial charge in [0, 0.05) is 6.42 Å². The zero-order chi connectivity index (χ0) is 27.9. The number of esters is 1. The molecule has 8 aliphatic carbocycles. The number of fused-ring (bicyclic) bond motifs is 5. The second-order valence-corrected chi connectivity index (χ2v) is 17.8. The van der Waals surface area contributed by atoms with E-state index in [-0.39, 0.29) is 17.5 Å². The topological polar surface area (TPSA) is 26.3 Å². The molecule has 7 saturated carbocycles. The highest BCUT2D eigenvalue weighted by Gasteiger charge is 2.60. The van der Waals surface area contributed by atoms with Gasteiger partial charge in [0.1, 0.15) is 6.10 Å². The standard InChI is InChI=1S/C38H60O2/c1-24(2)7-6-8-25(3)32-11-12-33-31-10-9-29-20-30(13-15-36(29,4)34(31)14-16-37(32,33)5)40-35(39)38-21-26-17-27(22-38)19-28(18-26)23-38/h9,24-28,30-34H,6-8,10-23H2,1-5H3/t25-,26?,27?,28?,30+,31-,32+,33-,34-,36+,37-,38?/m1/s1. The van der Waals surface area contributed by atoms with Gasteiger partial charge in [0.25, 0.3) is 0 Å². The summed E-state index contributed by atoms with van der Waals surface area (Å²) in [6.45, 7) is 12.7. The largest absolute Gasteiger partial charge is 0.462 e. The Bertz CT molecular complexity index is 972. The van der Waals surface area contributed by atoms with E-state index in [0.29, 0.717) is 10.8 Å². The smallest absolute Gasteiger partial charge is 0.312 e. The molecule has 0 aromatic carbocycles. The van der Waals surface area contributed by atoms with E-state index in [2.05, 4.69) is 40.7 Å². The molecule has 0 aromatic rings. The molecule has 8 rings (SSSR count). The summed E-state index contributed by atoms with van der Waals surface area (Å²) in [4.78, 5) is 13.7. The summed E-state index contributed by atoms with van der Waals surface area (Å²) < 4.78 is 6.50. The Morgan fingerprint density at radius 3 is 2.27 bits per heavy atom. The van der Waals surface area contributed by atoms with E-state index in [4.69, 9.17) is 4.74 Å². The highest BCUT2D eigenvalue weighted by Crippen LogP contribution is 2.68. The maximum absolute atomic E-state index is 13.7. The Labute approximate surface area is 246 Å². The highest BCUT2D eigenvalue weighted by atomic mass is 16.5. The molecule has 0 heterocycles. The molecule has 0 spiro atoms. The van der Waals surface area contributed by atoms with Crippen molar-refractivity contribution >= 4 is 5.97 Å². The molecule has 0 saturated heterocycles. The number of allylic oxidation sites excluding steroid dienone is 1. The van der Waals surface area contributed by atoms with E-state index in [9.17, 15) is 4.79 Å². The summed E-state index contributed by atoms with van der Waals surface area (Å²) in [5.74, 6) is 7.94. The van der Waals surface area contributed by atoms with Gasteiger partial charge in [-0.1, -0.05) is 65.5 Å². The molecule has 0 N–H and O–H groups in total. The van der Waals surface area contributed by atoms with Gasteiger partial charge in [0.05, 0.1) is 5.41 Å². The van der Waals surface area contributed by atoms with Crippen LogP contribution in [0.5, 0.6) is 0 Å². The lowest BCUT2D eigenvalue weighted by Gasteiger charge is -2.58. The minimum Gasteiger partial charge on any atom is -0.462 e. The van der Waals surface area contributed by atoms with Crippen LogP contribution >= 0.6 is 0 Å². The van der Waals surface area contributed by atoms with E-state index in [1.807, 2.05) is 0 Å². The van der Waals surface area contributed by atoms with Crippen LogP contribution in [0, 0.1) is 69.5 Å². The average molecular weight is 549 g/mol. The van der Waals surface area contributed by atoms with Crippen LogP contribution in [0.3, 0.4) is 0 Å². The Morgan fingerprint density at radius 2 is 1.60 bits per heavy atom. The van der Waals surface area contributed by atoms with Crippen molar-refractivity contribution in [2.45, 2.75) is 150 Å². The van der Waals surface area contributed by atoms with Gasteiger partial charge in [-0.2, -0.15) is 0 Å². The number of ether oxygens (including phenoxy) is 1. The van der Waals surface area contributed by atoms with E-state index >= 15 is 0 Å². The van der Waals surface area contributed by atoms with Crippen molar-refractivity contribution < 1.29 is 9.53 Å². The van der Waals surface area contributed by atoms with Crippen molar-refractivity contribution in [3.63, 3.8) is 0 Å². The monoisotopic (exact) mass is 548 g/mol. The van der Waals surface area contributed by atoms with Crippen LogP contribution in [0.4, 0.5) is 0 Å². The SMILES string of the molecule is CC(C)CCC[C@@H](C)[C@@H]1CC[C@@H]2[C@H]3CC=C4C[C@@H](OC(=O)C56CC7CC(CC(C7)C5)C6)CC[C@]4(C)[C@@H]3CC[C@@]21C. The van der Waals surface area contributed by atoms with E-state index in [1.54, 1.807) is 5.57 Å². The molecule has 8 atom stereocenters. The molecule has 2 heteroatoms. The minimum atomic E-state index is -0.111. The van der Waals surface area contributed by atoms with Crippen molar-refractivity contribution in [1.29, 1.82) is 0 Å². The number of hydrogen-bond donors (Lipinski definition) is 0. The molecule has 2 nitrogen and oxygen atoms in total. The third kappa shape index (κ3) is 4.49. The first-order chi connectivity index (χ1) is 19.1. The van der Waals surface area contributed by atoms with Crippen molar-refractivity contribution in [3.05, 3.63) is 11.6 Å².